The smallest absolute Gasteiger partial charge is 0.309 e. The summed E-state index contributed by atoms with van der Waals surface area (Å²) in [6.45, 7) is 5.03. The van der Waals surface area contributed by atoms with E-state index in [0.717, 1.165) is 31.7 Å². The molecule has 1 aliphatic heterocycles. The van der Waals surface area contributed by atoms with Crippen LogP contribution in [0.3, 0.4) is 0 Å². The normalized spacial score (nSPS) is 22.8. The molecule has 0 aliphatic carbocycles. The summed E-state index contributed by atoms with van der Waals surface area (Å²) in [6, 6.07) is 9.51. The molecule has 5 heteroatoms. The predicted octanol–water partition coefficient (Wildman–Crippen LogP) is 0.284. The molecule has 0 aromatic heterocycles. The van der Waals surface area contributed by atoms with Crippen LogP contribution in [0.1, 0.15) is 19.8 Å². The Kier molecular flexibility index (Phi) is 6.68. The Morgan fingerprint density at radius 3 is 2.64 bits per heavy atom. The molecule has 1 heterocycles. The summed E-state index contributed by atoms with van der Waals surface area (Å²) < 4.78 is 10.6. The van der Waals surface area contributed by atoms with Crippen molar-refractivity contribution in [3.8, 4) is 5.75 Å². The molecular weight excluding hydrogens is 282 g/mol. The molecule has 22 heavy (non-hydrogen) atoms. The first-order valence-corrected chi connectivity index (χ1v) is 8.05. The molecule has 0 spiro atoms. The van der Waals surface area contributed by atoms with E-state index >= 15 is 0 Å². The van der Waals surface area contributed by atoms with Gasteiger partial charge in [-0.2, -0.15) is 0 Å². The van der Waals surface area contributed by atoms with E-state index in [9.17, 15) is 9.90 Å². The number of nitrogens with one attached hydrogen (secondary N) is 1. The molecular formula is C17H26NO4+. The zero-order chi connectivity index (χ0) is 15.8. The van der Waals surface area contributed by atoms with Gasteiger partial charge in [0.15, 0.2) is 0 Å². The van der Waals surface area contributed by atoms with Gasteiger partial charge in [0.25, 0.3) is 0 Å². The molecule has 5 nitrogen and oxygen atoms in total. The highest BCUT2D eigenvalue weighted by atomic mass is 16.5. The van der Waals surface area contributed by atoms with Gasteiger partial charge in [0, 0.05) is 12.8 Å². The second-order valence-corrected chi connectivity index (χ2v) is 5.76. The van der Waals surface area contributed by atoms with Crippen molar-refractivity contribution in [1.82, 2.24) is 0 Å². The van der Waals surface area contributed by atoms with Crippen LogP contribution in [0.4, 0.5) is 0 Å². The number of piperidine rings is 1. The Labute approximate surface area is 131 Å². The van der Waals surface area contributed by atoms with Gasteiger partial charge in [0.05, 0.1) is 25.6 Å². The lowest BCUT2D eigenvalue weighted by atomic mass is 9.97. The average molecular weight is 308 g/mol. The van der Waals surface area contributed by atoms with Crippen molar-refractivity contribution >= 4 is 5.97 Å². The maximum atomic E-state index is 11.7. The summed E-state index contributed by atoms with van der Waals surface area (Å²) in [5, 5.41) is 10.1. The van der Waals surface area contributed by atoms with E-state index in [1.807, 2.05) is 37.3 Å². The molecule has 0 bridgehead atoms. The van der Waals surface area contributed by atoms with E-state index in [4.69, 9.17) is 9.47 Å². The lowest BCUT2D eigenvalue weighted by Gasteiger charge is -2.29. The number of likely N-dealkylation sites (tertiary alicyclic amines) is 1. The van der Waals surface area contributed by atoms with Crippen molar-refractivity contribution < 1.29 is 24.3 Å². The SMILES string of the molecule is CCOC(=O)C1CC[NH+](C[C@H](O)COc2ccccc2)CC1. The highest BCUT2D eigenvalue weighted by molar-refractivity contribution is 5.72. The lowest BCUT2D eigenvalue weighted by molar-refractivity contribution is -0.908. The average Bonchev–Trinajstić information content (AvgIpc) is 2.55. The van der Waals surface area contributed by atoms with Gasteiger partial charge in [-0.3, -0.25) is 4.79 Å². The Morgan fingerprint density at radius 2 is 2.00 bits per heavy atom. The molecule has 1 fully saturated rings. The predicted molar refractivity (Wildman–Crippen MR) is 82.9 cm³/mol. The van der Waals surface area contributed by atoms with E-state index in [1.165, 1.54) is 4.90 Å². The molecule has 0 radical (unpaired) electrons. The van der Waals surface area contributed by atoms with Crippen molar-refractivity contribution in [2.45, 2.75) is 25.9 Å². The fourth-order valence-corrected chi connectivity index (χ4v) is 2.83. The minimum absolute atomic E-state index is 0.0291. The third-order valence-corrected chi connectivity index (χ3v) is 4.02. The van der Waals surface area contributed by atoms with E-state index < -0.39 is 6.10 Å². The van der Waals surface area contributed by atoms with Crippen LogP contribution in [0.15, 0.2) is 30.3 Å². The topological polar surface area (TPSA) is 60.2 Å². The molecule has 1 aromatic carbocycles. The molecule has 122 valence electrons. The number of carbonyl (C=O) groups is 1. The number of hydrogen-bond acceptors (Lipinski definition) is 4. The first-order valence-electron chi connectivity index (χ1n) is 8.05. The largest absolute Gasteiger partial charge is 0.491 e. The van der Waals surface area contributed by atoms with Crippen LogP contribution in [0.2, 0.25) is 0 Å². The van der Waals surface area contributed by atoms with E-state index in [0.29, 0.717) is 19.8 Å². The Hall–Kier alpha value is -1.59. The third kappa shape index (κ3) is 5.31. The quantitative estimate of drug-likeness (QED) is 0.711. The van der Waals surface area contributed by atoms with Crippen molar-refractivity contribution in [2.24, 2.45) is 5.92 Å². The number of rotatable bonds is 7. The number of esters is 1. The molecule has 0 amide bonds. The zero-order valence-corrected chi connectivity index (χ0v) is 13.2. The third-order valence-electron chi connectivity index (χ3n) is 4.02. The first-order chi connectivity index (χ1) is 10.7. The molecule has 1 aliphatic rings. The van der Waals surface area contributed by atoms with Gasteiger partial charge in [-0.05, 0) is 19.1 Å². The number of aliphatic hydroxyl groups excluding tert-OH is 1. The molecule has 2 N–H and O–H groups in total. The summed E-state index contributed by atoms with van der Waals surface area (Å²) in [5.41, 5.74) is 0. The van der Waals surface area contributed by atoms with E-state index in [2.05, 4.69) is 0 Å². The summed E-state index contributed by atoms with van der Waals surface area (Å²) in [5.74, 6) is 0.730. The van der Waals surface area contributed by atoms with Crippen LogP contribution in [-0.2, 0) is 9.53 Å². The van der Waals surface area contributed by atoms with Gasteiger partial charge >= 0.3 is 5.97 Å². The number of quaternary nitrogens is 1. The van der Waals surface area contributed by atoms with Crippen molar-refractivity contribution in [2.75, 3.05) is 32.8 Å². The number of aliphatic hydroxyl groups is 1. The van der Waals surface area contributed by atoms with Crippen LogP contribution < -0.4 is 9.64 Å². The van der Waals surface area contributed by atoms with Gasteiger partial charge in [-0.25, -0.2) is 0 Å². The van der Waals surface area contributed by atoms with Crippen LogP contribution >= 0.6 is 0 Å². The number of hydrogen-bond donors (Lipinski definition) is 2. The molecule has 1 saturated heterocycles. The standard InChI is InChI=1S/C17H25NO4/c1-2-21-17(20)14-8-10-18(11-9-14)12-15(19)13-22-16-6-4-3-5-7-16/h3-7,14-15,19H,2,8-13H2,1H3/p+1/t15-/m0/s1. The summed E-state index contributed by atoms with van der Waals surface area (Å²) in [7, 11) is 0. The number of para-hydroxylation sites is 1. The Balaban J connectivity index is 1.66. The fraction of sp³-hybridized carbons (Fsp3) is 0.588. The Bertz CT molecular complexity index is 443. The van der Waals surface area contributed by atoms with Gasteiger partial charge in [-0.1, -0.05) is 18.2 Å². The van der Waals surface area contributed by atoms with Gasteiger partial charge in [0.2, 0.25) is 0 Å². The Morgan fingerprint density at radius 1 is 1.32 bits per heavy atom. The summed E-state index contributed by atoms with van der Waals surface area (Å²) >= 11 is 0. The van der Waals surface area contributed by atoms with E-state index in [1.54, 1.807) is 0 Å². The zero-order valence-electron chi connectivity index (χ0n) is 13.2. The molecule has 1 aromatic rings. The lowest BCUT2D eigenvalue weighted by Crippen LogP contribution is -3.14. The van der Waals surface area contributed by atoms with Gasteiger partial charge < -0.3 is 19.5 Å². The first kappa shape index (κ1) is 16.8. The number of carbonyl (C=O) groups excluding carboxylic acids is 1. The maximum absolute atomic E-state index is 11.7. The van der Waals surface area contributed by atoms with Crippen LogP contribution in [0.5, 0.6) is 5.75 Å². The van der Waals surface area contributed by atoms with Crippen molar-refractivity contribution in [3.05, 3.63) is 30.3 Å². The fourth-order valence-electron chi connectivity index (χ4n) is 2.83. The van der Waals surface area contributed by atoms with Crippen molar-refractivity contribution in [3.63, 3.8) is 0 Å². The van der Waals surface area contributed by atoms with Crippen LogP contribution in [-0.4, -0.2) is 50.0 Å². The minimum Gasteiger partial charge on any atom is -0.491 e. The molecule has 0 saturated carbocycles. The van der Waals surface area contributed by atoms with Gasteiger partial charge in [0.1, 0.15) is 25.0 Å². The second-order valence-electron chi connectivity index (χ2n) is 5.76. The summed E-state index contributed by atoms with van der Waals surface area (Å²) in [6.07, 6.45) is 1.18. The number of ether oxygens (including phenoxy) is 2. The molecule has 1 atom stereocenters. The minimum atomic E-state index is -0.491. The highest BCUT2D eigenvalue weighted by Crippen LogP contribution is 2.12. The second kappa shape index (κ2) is 8.76. The van der Waals surface area contributed by atoms with Crippen LogP contribution in [0, 0.1) is 5.92 Å². The molecule has 0 unspecified atom stereocenters. The maximum Gasteiger partial charge on any atom is 0.309 e. The molecule has 2 rings (SSSR count). The monoisotopic (exact) mass is 308 g/mol. The number of benzene rings is 1. The highest BCUT2D eigenvalue weighted by Gasteiger charge is 2.29. The van der Waals surface area contributed by atoms with Crippen molar-refractivity contribution in [1.29, 1.82) is 0 Å². The van der Waals surface area contributed by atoms with Gasteiger partial charge in [-0.15, -0.1) is 0 Å². The van der Waals surface area contributed by atoms with E-state index in [-0.39, 0.29) is 11.9 Å². The van der Waals surface area contributed by atoms with Crippen LogP contribution in [0.25, 0.3) is 0 Å². The summed E-state index contributed by atoms with van der Waals surface area (Å²) in [4.78, 5) is 13.0.